The zero-order chi connectivity index (χ0) is 19.9. The maximum atomic E-state index is 11.9. The van der Waals surface area contributed by atoms with Gasteiger partial charge in [0, 0.05) is 62.6 Å². The van der Waals surface area contributed by atoms with E-state index in [2.05, 4.69) is 48.6 Å². The second kappa shape index (κ2) is 9.87. The van der Waals surface area contributed by atoms with Crippen LogP contribution in [0.5, 0.6) is 0 Å². The molecule has 0 spiro atoms. The molecule has 1 aromatic heterocycles. The van der Waals surface area contributed by atoms with Gasteiger partial charge in [-0.3, -0.25) is 9.79 Å². The summed E-state index contributed by atoms with van der Waals surface area (Å²) in [6.45, 7) is 15.4. The molecular weight excluding hydrogens is 362 g/mol. The standard InChI is InChI=1S/C18H33N7OS/c1-6-14-22-17(27-23-14)25-12-10-24(11-13-25)16(19-7-2)21-9-8-20-15(26)18(3,4)5/h6-13H2,1-5H3,(H,19,21)(H,20,26). The highest BCUT2D eigenvalue weighted by Crippen LogP contribution is 2.19. The van der Waals surface area contributed by atoms with E-state index in [1.807, 2.05) is 20.8 Å². The molecule has 27 heavy (non-hydrogen) atoms. The van der Waals surface area contributed by atoms with Crippen LogP contribution in [0.2, 0.25) is 0 Å². The fourth-order valence-electron chi connectivity index (χ4n) is 2.65. The van der Waals surface area contributed by atoms with Crippen molar-refractivity contribution < 1.29 is 4.79 Å². The van der Waals surface area contributed by atoms with Crippen molar-refractivity contribution in [3.8, 4) is 0 Å². The number of rotatable bonds is 6. The maximum absolute atomic E-state index is 11.9. The summed E-state index contributed by atoms with van der Waals surface area (Å²) in [6.07, 6.45) is 0.874. The van der Waals surface area contributed by atoms with Gasteiger partial charge in [0.05, 0.1) is 6.54 Å². The molecule has 2 rings (SSSR count). The third-order valence-corrected chi connectivity index (χ3v) is 5.11. The van der Waals surface area contributed by atoms with E-state index in [0.717, 1.165) is 56.1 Å². The highest BCUT2D eigenvalue weighted by Gasteiger charge is 2.22. The SMILES string of the molecule is CCNC(=NCCNC(=O)C(C)(C)C)N1CCN(c2nc(CC)ns2)CC1. The second-order valence-corrected chi connectivity index (χ2v) is 8.29. The lowest BCUT2D eigenvalue weighted by atomic mass is 9.96. The highest BCUT2D eigenvalue weighted by molar-refractivity contribution is 7.09. The lowest BCUT2D eigenvalue weighted by Crippen LogP contribution is -2.52. The molecule has 0 atom stereocenters. The predicted octanol–water partition coefficient (Wildman–Crippen LogP) is 1.35. The minimum absolute atomic E-state index is 0.0554. The van der Waals surface area contributed by atoms with E-state index in [-0.39, 0.29) is 11.3 Å². The molecule has 0 aromatic carbocycles. The van der Waals surface area contributed by atoms with Crippen molar-refractivity contribution in [2.75, 3.05) is 50.7 Å². The summed E-state index contributed by atoms with van der Waals surface area (Å²) in [5.41, 5.74) is -0.368. The molecule has 0 saturated carbocycles. The van der Waals surface area contributed by atoms with E-state index in [4.69, 9.17) is 0 Å². The molecule has 1 aliphatic rings. The van der Waals surface area contributed by atoms with Gasteiger partial charge in [-0.25, -0.2) is 4.98 Å². The molecule has 1 aromatic rings. The van der Waals surface area contributed by atoms with Crippen molar-refractivity contribution in [3.05, 3.63) is 5.82 Å². The molecule has 8 nitrogen and oxygen atoms in total. The van der Waals surface area contributed by atoms with E-state index < -0.39 is 0 Å². The van der Waals surface area contributed by atoms with Crippen LogP contribution < -0.4 is 15.5 Å². The first-order valence-corrected chi connectivity index (χ1v) is 10.5. The van der Waals surface area contributed by atoms with E-state index >= 15 is 0 Å². The third kappa shape index (κ3) is 6.34. The monoisotopic (exact) mass is 395 g/mol. The summed E-state index contributed by atoms with van der Waals surface area (Å²) in [4.78, 5) is 25.8. The molecule has 2 N–H and O–H groups in total. The average molecular weight is 396 g/mol. The van der Waals surface area contributed by atoms with Crippen LogP contribution >= 0.6 is 11.5 Å². The first kappa shape index (κ1) is 21.4. The Balaban J connectivity index is 1.85. The van der Waals surface area contributed by atoms with Gasteiger partial charge in [-0.15, -0.1) is 0 Å². The number of carbonyl (C=O) groups is 1. The molecule has 0 radical (unpaired) electrons. The van der Waals surface area contributed by atoms with Crippen LogP contribution in [0.3, 0.4) is 0 Å². The summed E-state index contributed by atoms with van der Waals surface area (Å²) in [5, 5.41) is 7.32. The number of piperazine rings is 1. The van der Waals surface area contributed by atoms with Gasteiger partial charge in [0.1, 0.15) is 5.82 Å². The van der Waals surface area contributed by atoms with Gasteiger partial charge in [-0.1, -0.05) is 27.7 Å². The van der Waals surface area contributed by atoms with Crippen LogP contribution in [0.25, 0.3) is 0 Å². The quantitative estimate of drug-likeness (QED) is 0.430. The fraction of sp³-hybridized carbons (Fsp3) is 0.778. The van der Waals surface area contributed by atoms with Gasteiger partial charge < -0.3 is 20.4 Å². The number of aromatic nitrogens is 2. The lowest BCUT2D eigenvalue weighted by molar-refractivity contribution is -0.128. The first-order chi connectivity index (χ1) is 12.8. The fourth-order valence-corrected chi connectivity index (χ4v) is 3.45. The summed E-state index contributed by atoms with van der Waals surface area (Å²) < 4.78 is 4.38. The minimum Gasteiger partial charge on any atom is -0.357 e. The molecule has 0 bridgehead atoms. The number of carbonyl (C=O) groups excluding carboxylic acids is 1. The van der Waals surface area contributed by atoms with Gasteiger partial charge in [0.15, 0.2) is 5.96 Å². The number of hydrogen-bond acceptors (Lipinski definition) is 6. The first-order valence-electron chi connectivity index (χ1n) is 9.74. The Hall–Kier alpha value is -1.90. The highest BCUT2D eigenvalue weighted by atomic mass is 32.1. The Morgan fingerprint density at radius 1 is 1.19 bits per heavy atom. The van der Waals surface area contributed by atoms with E-state index in [0.29, 0.717) is 13.1 Å². The average Bonchev–Trinajstić information content (AvgIpc) is 3.12. The zero-order valence-corrected chi connectivity index (χ0v) is 18.0. The number of guanidine groups is 1. The lowest BCUT2D eigenvalue weighted by Gasteiger charge is -2.36. The summed E-state index contributed by atoms with van der Waals surface area (Å²) in [7, 11) is 0. The van der Waals surface area contributed by atoms with Gasteiger partial charge in [0.2, 0.25) is 11.0 Å². The number of hydrogen-bond donors (Lipinski definition) is 2. The summed E-state index contributed by atoms with van der Waals surface area (Å²) in [6, 6.07) is 0. The van der Waals surface area contributed by atoms with Crippen molar-refractivity contribution in [2.45, 2.75) is 41.0 Å². The Morgan fingerprint density at radius 3 is 2.44 bits per heavy atom. The van der Waals surface area contributed by atoms with Crippen molar-refractivity contribution in [3.63, 3.8) is 0 Å². The zero-order valence-electron chi connectivity index (χ0n) is 17.2. The maximum Gasteiger partial charge on any atom is 0.225 e. The van der Waals surface area contributed by atoms with Crippen LogP contribution in [0.15, 0.2) is 4.99 Å². The van der Waals surface area contributed by atoms with Gasteiger partial charge in [-0.2, -0.15) is 4.37 Å². The van der Waals surface area contributed by atoms with E-state index in [1.54, 1.807) is 0 Å². The molecule has 2 heterocycles. The number of anilines is 1. The molecule has 1 aliphatic heterocycles. The topological polar surface area (TPSA) is 85.8 Å². The normalized spacial score (nSPS) is 15.8. The van der Waals surface area contributed by atoms with Crippen LogP contribution in [-0.2, 0) is 11.2 Å². The van der Waals surface area contributed by atoms with Crippen molar-refractivity contribution >= 4 is 28.5 Å². The number of amides is 1. The molecular formula is C18H33N7OS. The Bertz CT molecular complexity index is 630. The van der Waals surface area contributed by atoms with Crippen molar-refractivity contribution in [2.24, 2.45) is 10.4 Å². The molecule has 1 amide bonds. The Labute approximate surface area is 166 Å². The third-order valence-electron chi connectivity index (χ3n) is 4.30. The van der Waals surface area contributed by atoms with Crippen LogP contribution in [0.1, 0.15) is 40.4 Å². The van der Waals surface area contributed by atoms with Gasteiger partial charge >= 0.3 is 0 Å². The van der Waals surface area contributed by atoms with Crippen LogP contribution in [0.4, 0.5) is 5.13 Å². The Morgan fingerprint density at radius 2 is 1.89 bits per heavy atom. The van der Waals surface area contributed by atoms with Crippen molar-refractivity contribution in [1.82, 2.24) is 24.9 Å². The molecule has 1 saturated heterocycles. The molecule has 9 heteroatoms. The van der Waals surface area contributed by atoms with Crippen molar-refractivity contribution in [1.29, 1.82) is 0 Å². The van der Waals surface area contributed by atoms with Gasteiger partial charge in [0.25, 0.3) is 0 Å². The Kier molecular flexibility index (Phi) is 7.82. The molecule has 152 valence electrons. The number of nitrogens with one attached hydrogen (secondary N) is 2. The number of nitrogens with zero attached hydrogens (tertiary/aromatic N) is 5. The molecule has 0 unspecified atom stereocenters. The smallest absolute Gasteiger partial charge is 0.225 e. The largest absolute Gasteiger partial charge is 0.357 e. The summed E-state index contributed by atoms with van der Waals surface area (Å²) in [5.74, 6) is 1.89. The van der Waals surface area contributed by atoms with E-state index in [1.165, 1.54) is 11.5 Å². The number of aryl methyl sites for hydroxylation is 1. The minimum atomic E-state index is -0.368. The van der Waals surface area contributed by atoms with Crippen LogP contribution in [-0.4, -0.2) is 71.9 Å². The molecule has 0 aliphatic carbocycles. The second-order valence-electron chi connectivity index (χ2n) is 7.56. The van der Waals surface area contributed by atoms with E-state index in [9.17, 15) is 4.79 Å². The predicted molar refractivity (Wildman–Crippen MR) is 112 cm³/mol. The van der Waals surface area contributed by atoms with Crippen LogP contribution in [0, 0.1) is 5.41 Å². The summed E-state index contributed by atoms with van der Waals surface area (Å²) >= 11 is 1.48. The number of aliphatic imine (C=N–C) groups is 1. The van der Waals surface area contributed by atoms with Gasteiger partial charge in [-0.05, 0) is 6.92 Å². The molecule has 1 fully saturated rings.